The van der Waals surface area contributed by atoms with Gasteiger partial charge in [0, 0.05) is 19.1 Å². The van der Waals surface area contributed by atoms with Crippen LogP contribution >= 0.6 is 0 Å². The van der Waals surface area contributed by atoms with E-state index in [4.69, 9.17) is 10.5 Å². The van der Waals surface area contributed by atoms with E-state index in [0.29, 0.717) is 18.4 Å². The average Bonchev–Trinajstić information content (AvgIpc) is 2.15. The van der Waals surface area contributed by atoms with E-state index < -0.39 is 0 Å². The van der Waals surface area contributed by atoms with Gasteiger partial charge >= 0.3 is 0 Å². The van der Waals surface area contributed by atoms with Crippen LogP contribution in [0.2, 0.25) is 0 Å². The summed E-state index contributed by atoms with van der Waals surface area (Å²) in [4.78, 5) is 0. The van der Waals surface area contributed by atoms with Gasteiger partial charge in [0.15, 0.2) is 0 Å². The molecule has 13 heavy (non-hydrogen) atoms. The second kappa shape index (κ2) is 5.40. The van der Waals surface area contributed by atoms with E-state index in [2.05, 4.69) is 19.9 Å². The normalized spacial score (nSPS) is 25.2. The molecule has 0 aromatic heterocycles. The van der Waals surface area contributed by atoms with Gasteiger partial charge in [0.2, 0.25) is 0 Å². The third-order valence-electron chi connectivity index (χ3n) is 2.62. The first-order valence-corrected chi connectivity index (χ1v) is 5.22. The smallest absolute Gasteiger partial charge is 0.0528 e. The Morgan fingerprint density at radius 3 is 2.85 bits per heavy atom. The monoisotopic (exact) mass is 183 g/mol. The van der Waals surface area contributed by atoms with Gasteiger partial charge < -0.3 is 10.5 Å². The molecule has 0 radical (unpaired) electrons. The Hall–Kier alpha value is -0.340. The lowest BCUT2D eigenvalue weighted by Gasteiger charge is -2.21. The molecule has 2 nitrogen and oxygen atoms in total. The maximum Gasteiger partial charge on any atom is 0.0528 e. The van der Waals surface area contributed by atoms with E-state index in [1.54, 1.807) is 0 Å². The van der Waals surface area contributed by atoms with E-state index in [1.807, 2.05) is 0 Å². The highest BCUT2D eigenvalue weighted by Gasteiger charge is 2.12. The molecule has 1 saturated heterocycles. The summed E-state index contributed by atoms with van der Waals surface area (Å²) in [5.41, 5.74) is 7.05. The zero-order valence-corrected chi connectivity index (χ0v) is 8.75. The van der Waals surface area contributed by atoms with E-state index >= 15 is 0 Å². The fourth-order valence-corrected chi connectivity index (χ4v) is 1.70. The van der Waals surface area contributed by atoms with Crippen molar-refractivity contribution in [3.05, 3.63) is 11.6 Å². The van der Waals surface area contributed by atoms with E-state index in [9.17, 15) is 0 Å². The van der Waals surface area contributed by atoms with Crippen LogP contribution in [0.5, 0.6) is 0 Å². The van der Waals surface area contributed by atoms with E-state index in [1.165, 1.54) is 18.4 Å². The number of hydrogen-bond donors (Lipinski definition) is 1. The van der Waals surface area contributed by atoms with Crippen LogP contribution in [0.4, 0.5) is 0 Å². The van der Waals surface area contributed by atoms with Crippen molar-refractivity contribution in [2.75, 3.05) is 19.8 Å². The maximum atomic E-state index is 5.68. The summed E-state index contributed by atoms with van der Waals surface area (Å²) < 4.78 is 5.42. The minimum absolute atomic E-state index is 0.576. The number of rotatable bonds is 3. The lowest BCUT2D eigenvalue weighted by atomic mass is 9.94. The highest BCUT2D eigenvalue weighted by atomic mass is 16.5. The molecule has 1 rings (SSSR count). The van der Waals surface area contributed by atoms with Gasteiger partial charge in [-0.3, -0.25) is 0 Å². The van der Waals surface area contributed by atoms with Crippen molar-refractivity contribution in [3.8, 4) is 0 Å². The van der Waals surface area contributed by atoms with Crippen LogP contribution < -0.4 is 5.73 Å². The van der Waals surface area contributed by atoms with Crippen molar-refractivity contribution >= 4 is 0 Å². The fraction of sp³-hybridized carbons (Fsp3) is 0.818. The molecular weight excluding hydrogens is 162 g/mol. The largest absolute Gasteiger partial charge is 0.381 e. The summed E-state index contributed by atoms with van der Waals surface area (Å²) in [6.45, 7) is 6.90. The molecule has 1 aliphatic rings. The molecule has 2 N–H and O–H groups in total. The van der Waals surface area contributed by atoms with Crippen molar-refractivity contribution in [1.82, 2.24) is 0 Å². The summed E-state index contributed by atoms with van der Waals surface area (Å²) in [7, 11) is 0. The first kappa shape index (κ1) is 10.7. The van der Waals surface area contributed by atoms with Crippen molar-refractivity contribution < 1.29 is 4.74 Å². The third kappa shape index (κ3) is 3.49. The highest BCUT2D eigenvalue weighted by molar-refractivity contribution is 5.08. The van der Waals surface area contributed by atoms with Gasteiger partial charge in [0.05, 0.1) is 6.61 Å². The van der Waals surface area contributed by atoms with Crippen LogP contribution in [0.15, 0.2) is 11.6 Å². The SMILES string of the molecule is CC(C)/C(=C\C1CCCOC1)CN. The van der Waals surface area contributed by atoms with E-state index in [-0.39, 0.29) is 0 Å². The number of hydrogen-bond acceptors (Lipinski definition) is 2. The molecule has 1 heterocycles. The molecule has 1 fully saturated rings. The van der Waals surface area contributed by atoms with Crippen molar-refractivity contribution in [3.63, 3.8) is 0 Å². The zero-order chi connectivity index (χ0) is 9.68. The summed E-state index contributed by atoms with van der Waals surface area (Å²) in [6, 6.07) is 0. The molecule has 2 heteroatoms. The van der Waals surface area contributed by atoms with Gasteiger partial charge in [-0.1, -0.05) is 25.5 Å². The minimum Gasteiger partial charge on any atom is -0.381 e. The van der Waals surface area contributed by atoms with Gasteiger partial charge in [0.1, 0.15) is 0 Å². The predicted octanol–water partition coefficient (Wildman–Crippen LogP) is 1.95. The highest BCUT2D eigenvalue weighted by Crippen LogP contribution is 2.19. The van der Waals surface area contributed by atoms with Gasteiger partial charge in [-0.2, -0.15) is 0 Å². The van der Waals surface area contributed by atoms with Crippen LogP contribution in [0.1, 0.15) is 26.7 Å². The topological polar surface area (TPSA) is 35.2 Å². The quantitative estimate of drug-likeness (QED) is 0.679. The molecule has 0 saturated carbocycles. The van der Waals surface area contributed by atoms with Crippen LogP contribution in [-0.2, 0) is 4.74 Å². The summed E-state index contributed by atoms with van der Waals surface area (Å²) in [5.74, 6) is 1.18. The first-order valence-electron chi connectivity index (χ1n) is 5.22. The summed E-state index contributed by atoms with van der Waals surface area (Å²) >= 11 is 0. The molecule has 0 bridgehead atoms. The Balaban J connectivity index is 2.49. The molecule has 1 unspecified atom stereocenters. The van der Waals surface area contributed by atoms with Gasteiger partial charge in [-0.05, 0) is 18.8 Å². The Bertz CT molecular complexity index is 169. The van der Waals surface area contributed by atoms with Crippen molar-refractivity contribution in [2.45, 2.75) is 26.7 Å². The van der Waals surface area contributed by atoms with Crippen LogP contribution in [0.25, 0.3) is 0 Å². The van der Waals surface area contributed by atoms with Crippen LogP contribution in [0, 0.1) is 11.8 Å². The standard InChI is InChI=1S/C11H21NO/c1-9(2)11(7-12)6-10-4-3-5-13-8-10/h6,9-10H,3-5,7-8,12H2,1-2H3/b11-6-. The Morgan fingerprint density at radius 2 is 2.38 bits per heavy atom. The number of ether oxygens (including phenoxy) is 1. The lowest BCUT2D eigenvalue weighted by molar-refractivity contribution is 0.0706. The lowest BCUT2D eigenvalue weighted by Crippen LogP contribution is -2.18. The van der Waals surface area contributed by atoms with Crippen molar-refractivity contribution in [1.29, 1.82) is 0 Å². The predicted molar refractivity (Wildman–Crippen MR) is 55.5 cm³/mol. The molecule has 0 aromatic carbocycles. The molecule has 1 aliphatic heterocycles. The Labute approximate surface area is 81.1 Å². The second-order valence-corrected chi connectivity index (χ2v) is 4.08. The fourth-order valence-electron chi connectivity index (χ4n) is 1.70. The first-order chi connectivity index (χ1) is 6.24. The van der Waals surface area contributed by atoms with Crippen LogP contribution in [0.3, 0.4) is 0 Å². The molecule has 76 valence electrons. The average molecular weight is 183 g/mol. The Kier molecular flexibility index (Phi) is 4.46. The molecule has 0 aliphatic carbocycles. The summed E-state index contributed by atoms with van der Waals surface area (Å²) in [6.07, 6.45) is 4.77. The van der Waals surface area contributed by atoms with E-state index in [0.717, 1.165) is 13.2 Å². The summed E-state index contributed by atoms with van der Waals surface area (Å²) in [5, 5.41) is 0. The van der Waals surface area contributed by atoms with Crippen molar-refractivity contribution in [2.24, 2.45) is 17.6 Å². The molecule has 1 atom stereocenters. The maximum absolute atomic E-state index is 5.68. The second-order valence-electron chi connectivity index (χ2n) is 4.08. The van der Waals surface area contributed by atoms with Gasteiger partial charge in [0.25, 0.3) is 0 Å². The zero-order valence-electron chi connectivity index (χ0n) is 8.75. The molecule has 0 spiro atoms. The van der Waals surface area contributed by atoms with Gasteiger partial charge in [-0.25, -0.2) is 0 Å². The molecule has 0 aromatic rings. The molecular formula is C11H21NO. The number of nitrogens with two attached hydrogens (primary N) is 1. The van der Waals surface area contributed by atoms with Gasteiger partial charge in [-0.15, -0.1) is 0 Å². The third-order valence-corrected chi connectivity index (χ3v) is 2.62. The Morgan fingerprint density at radius 1 is 1.62 bits per heavy atom. The minimum atomic E-state index is 0.576. The van der Waals surface area contributed by atoms with Crippen LogP contribution in [-0.4, -0.2) is 19.8 Å². The molecule has 0 amide bonds.